The van der Waals surface area contributed by atoms with Gasteiger partial charge in [0.2, 0.25) is 5.89 Å². The second-order valence-corrected chi connectivity index (χ2v) is 5.44. The first-order valence-corrected chi connectivity index (χ1v) is 7.06. The van der Waals surface area contributed by atoms with Crippen LogP contribution in [-0.4, -0.2) is 21.8 Å². The van der Waals surface area contributed by atoms with E-state index in [1.165, 1.54) is 12.8 Å². The number of piperidine rings is 1. The lowest BCUT2D eigenvalue weighted by Gasteiger charge is -2.26. The number of phenolic OH excluding ortho intramolecular Hbond substituents is 1. The van der Waals surface area contributed by atoms with Crippen LogP contribution in [0.5, 0.6) is 5.75 Å². The zero-order valence-electron chi connectivity index (χ0n) is 11.5. The van der Waals surface area contributed by atoms with Crippen molar-refractivity contribution in [1.82, 2.24) is 15.5 Å². The van der Waals surface area contributed by atoms with Gasteiger partial charge in [0, 0.05) is 6.42 Å². The molecular weight excluding hydrogens is 254 g/mol. The van der Waals surface area contributed by atoms with Crippen LogP contribution in [0.4, 0.5) is 0 Å². The molecule has 0 aliphatic carbocycles. The third kappa shape index (κ3) is 2.82. The van der Waals surface area contributed by atoms with Crippen LogP contribution in [0.3, 0.4) is 0 Å². The van der Waals surface area contributed by atoms with Crippen LogP contribution in [0.1, 0.15) is 43.1 Å². The summed E-state index contributed by atoms with van der Waals surface area (Å²) in [5.41, 5.74) is 1.06. The first-order valence-electron chi connectivity index (χ1n) is 7.06. The topological polar surface area (TPSA) is 71.2 Å². The Morgan fingerprint density at radius 2 is 2.15 bits per heavy atom. The van der Waals surface area contributed by atoms with Gasteiger partial charge in [-0.05, 0) is 43.0 Å². The van der Waals surface area contributed by atoms with E-state index in [2.05, 4.69) is 22.4 Å². The molecule has 0 saturated carbocycles. The number of aromatic hydroxyl groups is 1. The van der Waals surface area contributed by atoms with Crippen molar-refractivity contribution in [3.63, 3.8) is 0 Å². The minimum absolute atomic E-state index is 0.171. The van der Waals surface area contributed by atoms with Crippen molar-refractivity contribution in [2.24, 2.45) is 5.92 Å². The summed E-state index contributed by atoms with van der Waals surface area (Å²) in [4.78, 5) is 4.50. The summed E-state index contributed by atoms with van der Waals surface area (Å²) in [6.07, 6.45) is 3.00. The molecule has 0 bridgehead atoms. The number of benzene rings is 1. The monoisotopic (exact) mass is 273 g/mol. The summed E-state index contributed by atoms with van der Waals surface area (Å²) < 4.78 is 5.40. The van der Waals surface area contributed by atoms with Gasteiger partial charge in [0.1, 0.15) is 5.75 Å². The molecule has 2 atom stereocenters. The van der Waals surface area contributed by atoms with E-state index >= 15 is 0 Å². The molecule has 0 radical (unpaired) electrons. The van der Waals surface area contributed by atoms with Gasteiger partial charge in [0.25, 0.3) is 0 Å². The molecular formula is C15H19N3O2. The Morgan fingerprint density at radius 1 is 1.35 bits per heavy atom. The van der Waals surface area contributed by atoms with E-state index in [-0.39, 0.29) is 11.8 Å². The molecule has 2 heterocycles. The fourth-order valence-corrected chi connectivity index (χ4v) is 2.64. The molecule has 2 unspecified atom stereocenters. The highest BCUT2D eigenvalue weighted by Gasteiger charge is 2.27. The SMILES string of the molecule is CC1CCCNC1c1nc(Cc2ccc(O)cc2)no1. The number of aromatic nitrogens is 2. The molecule has 1 aromatic heterocycles. The Kier molecular flexibility index (Phi) is 3.69. The van der Waals surface area contributed by atoms with E-state index in [0.29, 0.717) is 24.1 Å². The molecule has 2 aromatic rings. The van der Waals surface area contributed by atoms with Gasteiger partial charge in [0.05, 0.1) is 6.04 Å². The van der Waals surface area contributed by atoms with Crippen LogP contribution in [0.2, 0.25) is 0 Å². The van der Waals surface area contributed by atoms with Crippen LogP contribution in [0.25, 0.3) is 0 Å². The van der Waals surface area contributed by atoms with E-state index in [1.807, 2.05) is 12.1 Å². The van der Waals surface area contributed by atoms with Crippen LogP contribution >= 0.6 is 0 Å². The van der Waals surface area contributed by atoms with Gasteiger partial charge in [-0.25, -0.2) is 0 Å². The number of hydrogen-bond acceptors (Lipinski definition) is 5. The highest BCUT2D eigenvalue weighted by molar-refractivity contribution is 5.27. The lowest BCUT2D eigenvalue weighted by Crippen LogP contribution is -2.33. The van der Waals surface area contributed by atoms with Crippen molar-refractivity contribution in [1.29, 1.82) is 0 Å². The zero-order chi connectivity index (χ0) is 13.9. The van der Waals surface area contributed by atoms with Crippen molar-refractivity contribution in [2.75, 3.05) is 6.54 Å². The van der Waals surface area contributed by atoms with E-state index in [0.717, 1.165) is 12.1 Å². The molecule has 1 aliphatic rings. The third-order valence-electron chi connectivity index (χ3n) is 3.82. The molecule has 1 aromatic carbocycles. The predicted octanol–water partition coefficient (Wildman–Crippen LogP) is 2.43. The van der Waals surface area contributed by atoms with Crippen molar-refractivity contribution < 1.29 is 9.63 Å². The molecule has 1 saturated heterocycles. The van der Waals surface area contributed by atoms with E-state index in [9.17, 15) is 5.11 Å². The third-order valence-corrected chi connectivity index (χ3v) is 3.82. The molecule has 1 fully saturated rings. The largest absolute Gasteiger partial charge is 0.508 e. The first-order chi connectivity index (χ1) is 9.72. The van der Waals surface area contributed by atoms with E-state index < -0.39 is 0 Å². The number of hydrogen-bond donors (Lipinski definition) is 2. The van der Waals surface area contributed by atoms with Gasteiger partial charge < -0.3 is 14.9 Å². The Bertz CT molecular complexity index is 565. The average Bonchev–Trinajstić information content (AvgIpc) is 2.90. The normalized spacial score (nSPS) is 22.9. The summed E-state index contributed by atoms with van der Waals surface area (Å²) in [6, 6.07) is 7.24. The summed E-state index contributed by atoms with van der Waals surface area (Å²) in [5, 5.41) is 16.8. The highest BCUT2D eigenvalue weighted by Crippen LogP contribution is 2.27. The maximum absolute atomic E-state index is 9.27. The molecule has 1 aliphatic heterocycles. The number of phenols is 1. The summed E-state index contributed by atoms with van der Waals surface area (Å²) in [5.74, 6) is 2.16. The lowest BCUT2D eigenvalue weighted by molar-refractivity contribution is 0.239. The van der Waals surface area contributed by atoms with Gasteiger partial charge in [0.15, 0.2) is 5.82 Å². The molecule has 106 valence electrons. The number of nitrogens with one attached hydrogen (secondary N) is 1. The molecule has 5 nitrogen and oxygen atoms in total. The Labute approximate surface area is 118 Å². The van der Waals surface area contributed by atoms with Crippen LogP contribution < -0.4 is 5.32 Å². The zero-order valence-corrected chi connectivity index (χ0v) is 11.5. The lowest BCUT2D eigenvalue weighted by atomic mass is 9.93. The maximum atomic E-state index is 9.27. The second-order valence-electron chi connectivity index (χ2n) is 5.44. The quantitative estimate of drug-likeness (QED) is 0.898. The van der Waals surface area contributed by atoms with Gasteiger partial charge in [-0.1, -0.05) is 24.2 Å². The number of rotatable bonds is 3. The van der Waals surface area contributed by atoms with Crippen LogP contribution in [-0.2, 0) is 6.42 Å². The van der Waals surface area contributed by atoms with Gasteiger partial charge >= 0.3 is 0 Å². The Morgan fingerprint density at radius 3 is 2.90 bits per heavy atom. The fourth-order valence-electron chi connectivity index (χ4n) is 2.64. The van der Waals surface area contributed by atoms with Crippen molar-refractivity contribution in [3.05, 3.63) is 41.5 Å². The van der Waals surface area contributed by atoms with Crippen LogP contribution in [0, 0.1) is 5.92 Å². The second kappa shape index (κ2) is 5.63. The van der Waals surface area contributed by atoms with Crippen LogP contribution in [0.15, 0.2) is 28.8 Å². The molecule has 3 rings (SSSR count). The average molecular weight is 273 g/mol. The van der Waals surface area contributed by atoms with Gasteiger partial charge in [-0.2, -0.15) is 4.98 Å². The fraction of sp³-hybridized carbons (Fsp3) is 0.467. The molecule has 0 amide bonds. The highest BCUT2D eigenvalue weighted by atomic mass is 16.5. The smallest absolute Gasteiger partial charge is 0.244 e. The Hall–Kier alpha value is -1.88. The molecule has 0 spiro atoms. The van der Waals surface area contributed by atoms with Crippen molar-refractivity contribution in [2.45, 2.75) is 32.2 Å². The van der Waals surface area contributed by atoms with Gasteiger partial charge in [-0.15, -0.1) is 0 Å². The van der Waals surface area contributed by atoms with Gasteiger partial charge in [-0.3, -0.25) is 0 Å². The number of nitrogens with zero attached hydrogens (tertiary/aromatic N) is 2. The minimum atomic E-state index is 0.171. The van der Waals surface area contributed by atoms with Crippen molar-refractivity contribution in [3.8, 4) is 5.75 Å². The summed E-state index contributed by atoms with van der Waals surface area (Å²) >= 11 is 0. The Balaban J connectivity index is 1.71. The summed E-state index contributed by atoms with van der Waals surface area (Å²) in [7, 11) is 0. The molecule has 20 heavy (non-hydrogen) atoms. The minimum Gasteiger partial charge on any atom is -0.508 e. The molecule has 5 heteroatoms. The maximum Gasteiger partial charge on any atom is 0.244 e. The predicted molar refractivity (Wildman–Crippen MR) is 74.4 cm³/mol. The summed E-state index contributed by atoms with van der Waals surface area (Å²) in [6.45, 7) is 3.21. The molecule has 2 N–H and O–H groups in total. The van der Waals surface area contributed by atoms with E-state index in [4.69, 9.17) is 4.52 Å². The first kappa shape index (κ1) is 13.1. The standard InChI is InChI=1S/C15H19N3O2/c1-10-3-2-8-16-14(10)15-17-13(18-20-15)9-11-4-6-12(19)7-5-11/h4-7,10,14,16,19H,2-3,8-9H2,1H3. The van der Waals surface area contributed by atoms with E-state index in [1.54, 1.807) is 12.1 Å². The van der Waals surface area contributed by atoms with Crippen molar-refractivity contribution >= 4 is 0 Å².